The van der Waals surface area contributed by atoms with Crippen LogP contribution in [0, 0.1) is 25.5 Å². The van der Waals surface area contributed by atoms with E-state index in [2.05, 4.69) is 27.5 Å². The molecule has 0 aliphatic heterocycles. The van der Waals surface area contributed by atoms with Crippen LogP contribution in [0.1, 0.15) is 21.1 Å². The van der Waals surface area contributed by atoms with Gasteiger partial charge < -0.3 is 10.6 Å². The quantitative estimate of drug-likeness (QED) is 0.378. The van der Waals surface area contributed by atoms with Crippen molar-refractivity contribution in [3.63, 3.8) is 0 Å². The molecule has 8 heteroatoms. The molecule has 0 atom stereocenters. The van der Waals surface area contributed by atoms with Crippen LogP contribution in [0.4, 0.5) is 8.78 Å². The molecule has 4 nitrogen and oxygen atoms in total. The summed E-state index contributed by atoms with van der Waals surface area (Å²) in [4.78, 5) is 9.88. The van der Waals surface area contributed by atoms with Gasteiger partial charge in [-0.15, -0.1) is 35.3 Å². The number of rotatable bonds is 6. The van der Waals surface area contributed by atoms with Crippen LogP contribution in [-0.4, -0.2) is 31.1 Å². The van der Waals surface area contributed by atoms with Gasteiger partial charge in [0.25, 0.3) is 0 Å². The number of hydrogen-bond donors (Lipinski definition) is 2. The third-order valence-corrected chi connectivity index (χ3v) is 4.69. The fourth-order valence-electron chi connectivity index (χ4n) is 2.24. The molecule has 2 rings (SSSR count). The molecule has 0 saturated heterocycles. The zero-order valence-corrected chi connectivity index (χ0v) is 17.7. The van der Waals surface area contributed by atoms with Crippen LogP contribution >= 0.6 is 35.3 Å². The van der Waals surface area contributed by atoms with Gasteiger partial charge >= 0.3 is 0 Å². The molecule has 1 aromatic heterocycles. The van der Waals surface area contributed by atoms with Crippen molar-refractivity contribution in [3.8, 4) is 0 Å². The van der Waals surface area contributed by atoms with E-state index in [4.69, 9.17) is 0 Å². The molecule has 2 N–H and O–H groups in total. The average molecular weight is 480 g/mol. The summed E-state index contributed by atoms with van der Waals surface area (Å²) in [5, 5.41) is 7.45. The van der Waals surface area contributed by atoms with E-state index >= 15 is 0 Å². The van der Waals surface area contributed by atoms with Crippen molar-refractivity contribution in [2.45, 2.75) is 26.7 Å². The molecule has 0 fully saturated rings. The van der Waals surface area contributed by atoms with Gasteiger partial charge in [-0.05, 0) is 38.0 Å². The Balaban J connectivity index is 0.00000312. The predicted octanol–water partition coefficient (Wildman–Crippen LogP) is 3.61. The van der Waals surface area contributed by atoms with E-state index in [-0.39, 0.29) is 24.0 Å². The van der Waals surface area contributed by atoms with Gasteiger partial charge in [0.05, 0.1) is 10.7 Å². The Bertz CT molecular complexity index is 679. The van der Waals surface area contributed by atoms with Crippen LogP contribution in [0.3, 0.4) is 0 Å². The first-order valence-corrected chi connectivity index (χ1v) is 8.62. The molecule has 2 aromatic rings. The molecular weight excluding hydrogens is 457 g/mol. The average Bonchev–Trinajstić information content (AvgIpc) is 2.83. The number of nitrogens with zero attached hydrogens (tertiary/aromatic N) is 2. The van der Waals surface area contributed by atoms with Crippen LogP contribution in [0.5, 0.6) is 0 Å². The van der Waals surface area contributed by atoms with Crippen LogP contribution in [-0.2, 0) is 12.8 Å². The highest BCUT2D eigenvalue weighted by atomic mass is 127. The molecule has 0 saturated carbocycles. The summed E-state index contributed by atoms with van der Waals surface area (Å²) in [5.74, 6) is -0.444. The topological polar surface area (TPSA) is 49.3 Å². The molecule has 1 aromatic carbocycles. The van der Waals surface area contributed by atoms with Gasteiger partial charge in [-0.25, -0.2) is 13.8 Å². The first-order valence-electron chi connectivity index (χ1n) is 7.80. The third-order valence-electron chi connectivity index (χ3n) is 3.56. The zero-order chi connectivity index (χ0) is 17.5. The van der Waals surface area contributed by atoms with Crippen LogP contribution in [0.2, 0.25) is 0 Å². The second kappa shape index (κ2) is 10.6. The maximum Gasteiger partial charge on any atom is 0.191 e. The number of thiazole rings is 1. The summed E-state index contributed by atoms with van der Waals surface area (Å²) in [6.45, 7) is 5.34. The predicted molar refractivity (Wildman–Crippen MR) is 110 cm³/mol. The van der Waals surface area contributed by atoms with E-state index < -0.39 is 11.6 Å². The Morgan fingerprint density at radius 2 is 1.68 bits per heavy atom. The maximum absolute atomic E-state index is 13.1. The van der Waals surface area contributed by atoms with E-state index in [0.717, 1.165) is 29.7 Å². The second-order valence-electron chi connectivity index (χ2n) is 5.45. The summed E-state index contributed by atoms with van der Waals surface area (Å²) in [5.41, 5.74) is 1.70. The van der Waals surface area contributed by atoms with Gasteiger partial charge in [-0.3, -0.25) is 4.99 Å². The maximum atomic E-state index is 13.1. The molecule has 0 radical (unpaired) electrons. The standard InChI is InChI=1S/C17H22F2N4S.HI/c1-11-12(2)24-16(23-11)5-7-22-17(20-3)21-6-4-13-8-14(18)10-15(19)9-13;/h8-10H,4-7H2,1-3H3,(H2,20,21,22);1H. The van der Waals surface area contributed by atoms with Crippen LogP contribution in [0.25, 0.3) is 0 Å². The van der Waals surface area contributed by atoms with E-state index in [0.29, 0.717) is 24.5 Å². The monoisotopic (exact) mass is 480 g/mol. The second-order valence-corrected chi connectivity index (χ2v) is 6.74. The molecule has 0 aliphatic carbocycles. The molecule has 0 bridgehead atoms. The highest BCUT2D eigenvalue weighted by Crippen LogP contribution is 2.16. The molecular formula is C17H23F2IN4S. The van der Waals surface area contributed by atoms with Gasteiger partial charge in [-0.2, -0.15) is 0 Å². The molecule has 0 spiro atoms. The Morgan fingerprint density at radius 3 is 2.20 bits per heavy atom. The van der Waals surface area contributed by atoms with Crippen LogP contribution < -0.4 is 10.6 Å². The summed E-state index contributed by atoms with van der Waals surface area (Å²) in [6.07, 6.45) is 1.34. The Kier molecular flexibility index (Phi) is 9.26. The van der Waals surface area contributed by atoms with Crippen molar-refractivity contribution in [1.29, 1.82) is 0 Å². The fraction of sp³-hybridized carbons (Fsp3) is 0.412. The largest absolute Gasteiger partial charge is 0.356 e. The first-order chi connectivity index (χ1) is 11.5. The lowest BCUT2D eigenvalue weighted by molar-refractivity contribution is 0.579. The number of nitrogens with one attached hydrogen (secondary N) is 2. The van der Waals surface area contributed by atoms with Gasteiger partial charge in [0.15, 0.2) is 5.96 Å². The molecule has 25 heavy (non-hydrogen) atoms. The molecule has 0 amide bonds. The number of guanidine groups is 1. The fourth-order valence-corrected chi connectivity index (χ4v) is 3.17. The summed E-state index contributed by atoms with van der Waals surface area (Å²) in [7, 11) is 1.69. The zero-order valence-electron chi connectivity index (χ0n) is 14.5. The number of hydrogen-bond acceptors (Lipinski definition) is 3. The molecule has 138 valence electrons. The Labute approximate surface area is 168 Å². The van der Waals surface area contributed by atoms with E-state index in [1.54, 1.807) is 18.4 Å². The number of benzene rings is 1. The lowest BCUT2D eigenvalue weighted by Gasteiger charge is -2.11. The first kappa shape index (κ1) is 21.8. The van der Waals surface area contributed by atoms with Gasteiger partial charge in [0.2, 0.25) is 0 Å². The van der Waals surface area contributed by atoms with Crippen molar-refractivity contribution in [2.24, 2.45) is 4.99 Å². The van der Waals surface area contributed by atoms with Gasteiger partial charge in [0.1, 0.15) is 11.6 Å². The highest BCUT2D eigenvalue weighted by Gasteiger charge is 2.05. The molecule has 0 unspecified atom stereocenters. The van der Waals surface area contributed by atoms with Crippen molar-refractivity contribution in [1.82, 2.24) is 15.6 Å². The highest BCUT2D eigenvalue weighted by molar-refractivity contribution is 14.0. The number of halogens is 3. The smallest absolute Gasteiger partial charge is 0.191 e. The third kappa shape index (κ3) is 7.23. The van der Waals surface area contributed by atoms with Crippen LogP contribution in [0.15, 0.2) is 23.2 Å². The lowest BCUT2D eigenvalue weighted by Crippen LogP contribution is -2.39. The lowest BCUT2D eigenvalue weighted by atomic mass is 10.1. The number of aliphatic imine (C=N–C) groups is 1. The minimum atomic E-state index is -0.554. The van der Waals surface area contributed by atoms with Crippen molar-refractivity contribution in [2.75, 3.05) is 20.1 Å². The van der Waals surface area contributed by atoms with Crippen molar-refractivity contribution >= 4 is 41.3 Å². The van der Waals surface area contributed by atoms with E-state index in [1.165, 1.54) is 17.0 Å². The molecule has 0 aliphatic rings. The minimum Gasteiger partial charge on any atom is -0.356 e. The Morgan fingerprint density at radius 1 is 1.08 bits per heavy atom. The number of aromatic nitrogens is 1. The van der Waals surface area contributed by atoms with E-state index in [1.807, 2.05) is 6.92 Å². The number of aryl methyl sites for hydroxylation is 2. The molecule has 1 heterocycles. The SMILES string of the molecule is CN=C(NCCc1cc(F)cc(F)c1)NCCc1nc(C)c(C)s1.I. The summed E-state index contributed by atoms with van der Waals surface area (Å²) >= 11 is 1.71. The van der Waals surface area contributed by atoms with Crippen molar-refractivity contribution in [3.05, 3.63) is 51.0 Å². The minimum absolute atomic E-state index is 0. The van der Waals surface area contributed by atoms with Crippen molar-refractivity contribution < 1.29 is 8.78 Å². The summed E-state index contributed by atoms with van der Waals surface area (Å²) < 4.78 is 26.3. The van der Waals surface area contributed by atoms with Gasteiger partial charge in [0, 0.05) is 37.5 Å². The van der Waals surface area contributed by atoms with Gasteiger partial charge in [-0.1, -0.05) is 0 Å². The summed E-state index contributed by atoms with van der Waals surface area (Å²) in [6, 6.07) is 3.56. The van der Waals surface area contributed by atoms with E-state index in [9.17, 15) is 8.78 Å². The Hall–Kier alpha value is -1.29. The normalized spacial score (nSPS) is 11.2.